The van der Waals surface area contributed by atoms with Gasteiger partial charge in [0.05, 0.1) is 12.6 Å². The fourth-order valence-electron chi connectivity index (χ4n) is 2.60. The molecule has 3 rings (SSSR count). The maximum atomic E-state index is 5.94. The zero-order chi connectivity index (χ0) is 13.9. The van der Waals surface area contributed by atoms with Gasteiger partial charge in [-0.2, -0.15) is 0 Å². The van der Waals surface area contributed by atoms with E-state index in [1.54, 1.807) is 0 Å². The number of nitrogens with one attached hydrogen (secondary N) is 1. The van der Waals surface area contributed by atoms with Crippen LogP contribution in [0.1, 0.15) is 31.3 Å². The number of nitrogens with zero attached hydrogens (tertiary/aromatic N) is 4. The molecule has 6 nitrogen and oxygen atoms in total. The first-order valence-corrected chi connectivity index (χ1v) is 7.02. The van der Waals surface area contributed by atoms with Crippen LogP contribution in [0, 0.1) is 0 Å². The van der Waals surface area contributed by atoms with Crippen molar-refractivity contribution in [1.29, 1.82) is 0 Å². The zero-order valence-corrected chi connectivity index (χ0v) is 11.8. The van der Waals surface area contributed by atoms with Crippen molar-refractivity contribution in [3.05, 3.63) is 35.7 Å². The molecule has 1 aliphatic rings. The third-order valence-electron chi connectivity index (χ3n) is 3.55. The van der Waals surface area contributed by atoms with Gasteiger partial charge in [0.25, 0.3) is 0 Å². The summed E-state index contributed by atoms with van der Waals surface area (Å²) in [4.78, 5) is 0. The Hall–Kier alpha value is -1.95. The number of ether oxygens (including phenoxy) is 1. The third kappa shape index (κ3) is 2.51. The second-order valence-electron chi connectivity index (χ2n) is 5.05. The molecular weight excluding hydrogens is 254 g/mol. The normalized spacial score (nSPS) is 18.6. The number of aromatic nitrogens is 4. The van der Waals surface area contributed by atoms with E-state index in [0.29, 0.717) is 6.54 Å². The molecule has 0 saturated heterocycles. The van der Waals surface area contributed by atoms with Crippen molar-refractivity contribution in [2.45, 2.75) is 39.0 Å². The highest BCUT2D eigenvalue weighted by atomic mass is 16.5. The molecule has 20 heavy (non-hydrogen) atoms. The summed E-state index contributed by atoms with van der Waals surface area (Å²) >= 11 is 0. The average Bonchev–Trinajstić information content (AvgIpc) is 3.05. The van der Waals surface area contributed by atoms with Gasteiger partial charge in [0, 0.05) is 6.42 Å². The summed E-state index contributed by atoms with van der Waals surface area (Å²) in [6.07, 6.45) is 1.01. The molecule has 0 saturated carbocycles. The second-order valence-corrected chi connectivity index (χ2v) is 5.05. The lowest BCUT2D eigenvalue weighted by molar-refractivity contribution is 0.199. The van der Waals surface area contributed by atoms with Crippen LogP contribution >= 0.6 is 0 Å². The molecule has 2 atom stereocenters. The van der Waals surface area contributed by atoms with Crippen LogP contribution in [0.4, 0.5) is 0 Å². The average molecular weight is 273 g/mol. The summed E-state index contributed by atoms with van der Waals surface area (Å²) in [5, 5.41) is 15.3. The molecule has 0 aliphatic carbocycles. The minimum absolute atomic E-state index is 0.100. The van der Waals surface area contributed by atoms with E-state index in [4.69, 9.17) is 4.74 Å². The van der Waals surface area contributed by atoms with Crippen LogP contribution in [-0.2, 0) is 13.0 Å². The fraction of sp³-hybridized carbons (Fsp3) is 0.500. The highest BCUT2D eigenvalue weighted by Gasteiger charge is 2.25. The Morgan fingerprint density at radius 1 is 1.45 bits per heavy atom. The summed E-state index contributed by atoms with van der Waals surface area (Å²) in [5.74, 6) is 1.83. The maximum Gasteiger partial charge on any atom is 0.168 e. The van der Waals surface area contributed by atoms with E-state index < -0.39 is 0 Å². The van der Waals surface area contributed by atoms with Crippen LogP contribution in [0.25, 0.3) is 0 Å². The molecular formula is C14H19N5O. The quantitative estimate of drug-likeness (QED) is 0.890. The van der Waals surface area contributed by atoms with Crippen LogP contribution in [0.5, 0.6) is 5.75 Å². The summed E-state index contributed by atoms with van der Waals surface area (Å²) < 4.78 is 7.78. The molecule has 1 aromatic carbocycles. The Labute approximate surface area is 118 Å². The summed E-state index contributed by atoms with van der Waals surface area (Å²) in [7, 11) is 0. The SMILES string of the molecule is CCNC(C)c1nnnn1CC1Cc2ccccc2O1. The van der Waals surface area contributed by atoms with Crippen molar-refractivity contribution in [3.8, 4) is 5.75 Å². The first-order valence-electron chi connectivity index (χ1n) is 7.02. The molecule has 1 N–H and O–H groups in total. The molecule has 106 valence electrons. The lowest BCUT2D eigenvalue weighted by atomic mass is 10.1. The van der Waals surface area contributed by atoms with Crippen molar-refractivity contribution in [2.75, 3.05) is 6.54 Å². The van der Waals surface area contributed by atoms with Gasteiger partial charge in [0.15, 0.2) is 5.82 Å². The lowest BCUT2D eigenvalue weighted by Crippen LogP contribution is -2.27. The summed E-state index contributed by atoms with van der Waals surface area (Å²) in [6.45, 7) is 5.70. The number of para-hydroxylation sites is 1. The predicted octanol–water partition coefficient (Wildman–Crippen LogP) is 1.35. The monoisotopic (exact) mass is 273 g/mol. The minimum atomic E-state index is 0.100. The number of fused-ring (bicyclic) bond motifs is 1. The molecule has 6 heteroatoms. The van der Waals surface area contributed by atoms with Crippen LogP contribution in [0.15, 0.2) is 24.3 Å². The second kappa shape index (κ2) is 5.58. The molecule has 2 aromatic rings. The first kappa shape index (κ1) is 13.1. The van der Waals surface area contributed by atoms with Crippen LogP contribution in [-0.4, -0.2) is 32.9 Å². The zero-order valence-electron chi connectivity index (χ0n) is 11.8. The van der Waals surface area contributed by atoms with Gasteiger partial charge in [-0.3, -0.25) is 0 Å². The highest BCUT2D eigenvalue weighted by molar-refractivity contribution is 5.37. The van der Waals surface area contributed by atoms with Gasteiger partial charge in [-0.1, -0.05) is 25.1 Å². The summed E-state index contributed by atoms with van der Waals surface area (Å²) in [6, 6.07) is 8.30. The van der Waals surface area contributed by atoms with Crippen LogP contribution in [0.3, 0.4) is 0 Å². The van der Waals surface area contributed by atoms with E-state index in [9.17, 15) is 0 Å². The summed E-state index contributed by atoms with van der Waals surface area (Å²) in [5.41, 5.74) is 1.26. The minimum Gasteiger partial charge on any atom is -0.488 e. The van der Waals surface area contributed by atoms with Crippen molar-refractivity contribution in [2.24, 2.45) is 0 Å². The molecule has 0 spiro atoms. The number of benzene rings is 1. The highest BCUT2D eigenvalue weighted by Crippen LogP contribution is 2.28. The van der Waals surface area contributed by atoms with Gasteiger partial charge in [0.2, 0.25) is 0 Å². The van der Waals surface area contributed by atoms with Gasteiger partial charge in [-0.15, -0.1) is 5.10 Å². The van der Waals surface area contributed by atoms with Gasteiger partial charge >= 0.3 is 0 Å². The van der Waals surface area contributed by atoms with E-state index in [2.05, 4.69) is 40.8 Å². The first-order chi connectivity index (χ1) is 9.78. The largest absolute Gasteiger partial charge is 0.488 e. The number of hydrogen-bond donors (Lipinski definition) is 1. The number of hydrogen-bond acceptors (Lipinski definition) is 5. The molecule has 0 radical (unpaired) electrons. The smallest absolute Gasteiger partial charge is 0.168 e. The molecule has 2 heterocycles. The lowest BCUT2D eigenvalue weighted by Gasteiger charge is -2.15. The topological polar surface area (TPSA) is 64.9 Å². The van der Waals surface area contributed by atoms with E-state index in [-0.39, 0.29) is 12.1 Å². The maximum absolute atomic E-state index is 5.94. The van der Waals surface area contributed by atoms with E-state index in [1.807, 2.05) is 22.9 Å². The number of tetrazole rings is 1. The third-order valence-corrected chi connectivity index (χ3v) is 3.55. The van der Waals surface area contributed by atoms with Gasteiger partial charge in [-0.25, -0.2) is 4.68 Å². The Bertz CT molecular complexity index is 557. The van der Waals surface area contributed by atoms with Crippen molar-refractivity contribution in [1.82, 2.24) is 25.5 Å². The van der Waals surface area contributed by atoms with Crippen molar-refractivity contribution < 1.29 is 4.74 Å². The van der Waals surface area contributed by atoms with E-state index >= 15 is 0 Å². The molecule has 1 aliphatic heterocycles. The Balaban J connectivity index is 1.70. The van der Waals surface area contributed by atoms with Gasteiger partial charge in [-0.05, 0) is 35.5 Å². The number of rotatable bonds is 5. The van der Waals surface area contributed by atoms with Gasteiger partial charge in [0.1, 0.15) is 11.9 Å². The standard InChI is InChI=1S/C14H19N5O/c1-3-15-10(2)14-16-17-18-19(14)9-12-8-11-6-4-5-7-13(11)20-12/h4-7,10,12,15H,3,8-9H2,1-2H3. The van der Waals surface area contributed by atoms with Crippen LogP contribution < -0.4 is 10.1 Å². The van der Waals surface area contributed by atoms with Crippen molar-refractivity contribution in [3.63, 3.8) is 0 Å². The molecule has 0 amide bonds. The predicted molar refractivity (Wildman–Crippen MR) is 74.5 cm³/mol. The van der Waals surface area contributed by atoms with Crippen molar-refractivity contribution >= 4 is 0 Å². The molecule has 1 aromatic heterocycles. The molecule has 2 unspecified atom stereocenters. The molecule has 0 fully saturated rings. The van der Waals surface area contributed by atoms with Crippen LogP contribution in [0.2, 0.25) is 0 Å². The molecule has 0 bridgehead atoms. The Morgan fingerprint density at radius 2 is 2.30 bits per heavy atom. The van der Waals surface area contributed by atoms with E-state index in [1.165, 1.54) is 5.56 Å². The Morgan fingerprint density at radius 3 is 3.10 bits per heavy atom. The van der Waals surface area contributed by atoms with E-state index in [0.717, 1.165) is 24.5 Å². The Kier molecular flexibility index (Phi) is 3.64. The fourth-order valence-corrected chi connectivity index (χ4v) is 2.60. The van der Waals surface area contributed by atoms with Gasteiger partial charge < -0.3 is 10.1 Å².